The van der Waals surface area contributed by atoms with Gasteiger partial charge in [0.1, 0.15) is 12.4 Å². The van der Waals surface area contributed by atoms with E-state index in [4.69, 9.17) is 21.1 Å². The van der Waals surface area contributed by atoms with Crippen molar-refractivity contribution < 1.29 is 18.7 Å². The predicted octanol–water partition coefficient (Wildman–Crippen LogP) is 4.19. The first-order valence-corrected chi connectivity index (χ1v) is 6.63. The van der Waals surface area contributed by atoms with E-state index in [1.54, 1.807) is 19.1 Å². The summed E-state index contributed by atoms with van der Waals surface area (Å²) in [5.41, 5.74) is 1.90. The Labute approximate surface area is 127 Å². The van der Waals surface area contributed by atoms with Gasteiger partial charge in [-0.1, -0.05) is 17.7 Å². The Hall–Kier alpha value is -2.07. The van der Waals surface area contributed by atoms with E-state index < -0.39 is 0 Å². The minimum atomic E-state index is -0.297. The molecule has 0 saturated heterocycles. The number of hydrogen-bond acceptors (Lipinski definition) is 3. The molecule has 0 aliphatic rings. The molecule has 0 bridgehead atoms. The predicted molar refractivity (Wildman–Crippen MR) is 78.9 cm³/mol. The van der Waals surface area contributed by atoms with Crippen LogP contribution in [0.3, 0.4) is 0 Å². The number of carbonyl (C=O) groups excluding carboxylic acids is 1. The van der Waals surface area contributed by atoms with Crippen molar-refractivity contribution in [2.75, 3.05) is 7.11 Å². The maximum Gasteiger partial charge on any atom is 0.172 e. The molecule has 5 heteroatoms. The molecular formula is C16H14ClFO3. The highest BCUT2D eigenvalue weighted by Crippen LogP contribution is 2.34. The maximum absolute atomic E-state index is 13.1. The molecule has 110 valence electrons. The summed E-state index contributed by atoms with van der Waals surface area (Å²) in [4.78, 5) is 11.1. The highest BCUT2D eigenvalue weighted by Gasteiger charge is 2.13. The number of aldehydes is 1. The van der Waals surface area contributed by atoms with E-state index in [2.05, 4.69) is 0 Å². The van der Waals surface area contributed by atoms with Gasteiger partial charge in [0.2, 0.25) is 0 Å². The minimum absolute atomic E-state index is 0.199. The second kappa shape index (κ2) is 6.59. The van der Waals surface area contributed by atoms with Crippen molar-refractivity contribution in [3.8, 4) is 11.5 Å². The van der Waals surface area contributed by atoms with Gasteiger partial charge in [0.15, 0.2) is 17.8 Å². The smallest absolute Gasteiger partial charge is 0.172 e. The molecule has 0 radical (unpaired) electrons. The lowest BCUT2D eigenvalue weighted by Crippen LogP contribution is -2.02. The van der Waals surface area contributed by atoms with Crippen molar-refractivity contribution >= 4 is 17.9 Å². The molecular weight excluding hydrogens is 295 g/mol. The zero-order valence-corrected chi connectivity index (χ0v) is 12.4. The summed E-state index contributed by atoms with van der Waals surface area (Å²) in [6.45, 7) is 1.99. The third-order valence-corrected chi connectivity index (χ3v) is 3.29. The van der Waals surface area contributed by atoms with E-state index in [9.17, 15) is 9.18 Å². The van der Waals surface area contributed by atoms with E-state index in [1.165, 1.54) is 25.3 Å². The number of ether oxygens (including phenoxy) is 2. The van der Waals surface area contributed by atoms with Gasteiger partial charge in [-0.15, -0.1) is 0 Å². The summed E-state index contributed by atoms with van der Waals surface area (Å²) in [7, 11) is 1.47. The summed E-state index contributed by atoms with van der Waals surface area (Å²) in [5, 5.41) is 0.388. The first-order chi connectivity index (χ1) is 10.0. The Morgan fingerprint density at radius 3 is 2.67 bits per heavy atom. The summed E-state index contributed by atoms with van der Waals surface area (Å²) >= 11 is 5.90. The van der Waals surface area contributed by atoms with Crippen LogP contribution in [0, 0.1) is 12.7 Å². The van der Waals surface area contributed by atoms with Gasteiger partial charge in [-0.05, 0) is 36.2 Å². The summed E-state index contributed by atoms with van der Waals surface area (Å²) in [6, 6.07) is 7.52. The molecule has 0 heterocycles. The van der Waals surface area contributed by atoms with Gasteiger partial charge in [0.05, 0.1) is 12.7 Å². The molecule has 0 unspecified atom stereocenters. The van der Waals surface area contributed by atoms with Crippen LogP contribution in [0.5, 0.6) is 11.5 Å². The molecule has 0 aromatic heterocycles. The van der Waals surface area contributed by atoms with E-state index in [1.807, 2.05) is 0 Å². The van der Waals surface area contributed by atoms with Gasteiger partial charge in [0, 0.05) is 11.1 Å². The zero-order valence-electron chi connectivity index (χ0n) is 11.7. The Morgan fingerprint density at radius 1 is 1.29 bits per heavy atom. The van der Waals surface area contributed by atoms with E-state index in [-0.39, 0.29) is 12.4 Å². The first kappa shape index (κ1) is 15.3. The number of aryl methyl sites for hydroxylation is 1. The Kier molecular flexibility index (Phi) is 4.81. The second-order valence-corrected chi connectivity index (χ2v) is 4.94. The highest BCUT2D eigenvalue weighted by atomic mass is 35.5. The number of carbonyl (C=O) groups is 1. The van der Waals surface area contributed by atoms with Gasteiger partial charge in [-0.3, -0.25) is 4.79 Å². The summed E-state index contributed by atoms with van der Waals surface area (Å²) in [6.07, 6.45) is 0.654. The monoisotopic (exact) mass is 308 g/mol. The number of halogens is 2. The van der Waals surface area contributed by atoms with Gasteiger partial charge in [-0.2, -0.15) is 0 Å². The molecule has 0 atom stereocenters. The average Bonchev–Trinajstić information content (AvgIpc) is 2.46. The van der Waals surface area contributed by atoms with Gasteiger partial charge in [-0.25, -0.2) is 4.39 Å². The molecule has 3 nitrogen and oxygen atoms in total. The van der Waals surface area contributed by atoms with E-state index in [0.29, 0.717) is 28.4 Å². The Balaban J connectivity index is 2.29. The van der Waals surface area contributed by atoms with Crippen molar-refractivity contribution in [3.05, 3.63) is 57.9 Å². The van der Waals surface area contributed by atoms with Crippen LogP contribution in [-0.2, 0) is 6.61 Å². The molecule has 2 aromatic rings. The van der Waals surface area contributed by atoms with Gasteiger partial charge in [0.25, 0.3) is 0 Å². The molecule has 2 rings (SSSR count). The summed E-state index contributed by atoms with van der Waals surface area (Å²) < 4.78 is 23.9. The molecule has 0 fully saturated rings. The Bertz CT molecular complexity index is 671. The van der Waals surface area contributed by atoms with Crippen LogP contribution in [0.25, 0.3) is 0 Å². The summed E-state index contributed by atoms with van der Waals surface area (Å²) in [5.74, 6) is 0.402. The standard InChI is InChI=1S/C16H14ClFO3/c1-10-5-14(18)4-3-11(10)9-21-16-12(8-19)6-13(17)7-15(16)20-2/h3-8H,9H2,1-2H3. The lowest BCUT2D eigenvalue weighted by molar-refractivity contribution is 0.111. The van der Waals surface area contributed by atoms with E-state index >= 15 is 0 Å². The second-order valence-electron chi connectivity index (χ2n) is 4.50. The molecule has 21 heavy (non-hydrogen) atoms. The SMILES string of the molecule is COc1cc(Cl)cc(C=O)c1OCc1ccc(F)cc1C. The number of benzene rings is 2. The van der Waals surface area contributed by atoms with Crippen LogP contribution < -0.4 is 9.47 Å². The molecule has 0 saturated carbocycles. The van der Waals surface area contributed by atoms with Crippen LogP contribution in [0.1, 0.15) is 21.5 Å². The van der Waals surface area contributed by atoms with Gasteiger partial charge < -0.3 is 9.47 Å². The molecule has 0 amide bonds. The normalized spacial score (nSPS) is 10.3. The van der Waals surface area contributed by atoms with Crippen LogP contribution in [0.15, 0.2) is 30.3 Å². The lowest BCUT2D eigenvalue weighted by Gasteiger charge is -2.14. The third-order valence-electron chi connectivity index (χ3n) is 3.07. The number of hydrogen-bond donors (Lipinski definition) is 0. The highest BCUT2D eigenvalue weighted by molar-refractivity contribution is 6.31. The fourth-order valence-corrected chi connectivity index (χ4v) is 2.17. The lowest BCUT2D eigenvalue weighted by atomic mass is 10.1. The molecule has 0 N–H and O–H groups in total. The fourth-order valence-electron chi connectivity index (χ4n) is 1.95. The Morgan fingerprint density at radius 2 is 2.05 bits per heavy atom. The average molecular weight is 309 g/mol. The minimum Gasteiger partial charge on any atom is -0.493 e. The van der Waals surface area contributed by atoms with Crippen LogP contribution in [0.2, 0.25) is 5.02 Å². The zero-order chi connectivity index (χ0) is 15.4. The van der Waals surface area contributed by atoms with Crippen molar-refractivity contribution in [1.82, 2.24) is 0 Å². The van der Waals surface area contributed by atoms with Crippen LogP contribution in [0.4, 0.5) is 4.39 Å². The molecule has 0 aliphatic carbocycles. The third kappa shape index (κ3) is 3.52. The quantitative estimate of drug-likeness (QED) is 0.777. The number of rotatable bonds is 5. The topological polar surface area (TPSA) is 35.5 Å². The molecule has 0 aliphatic heterocycles. The van der Waals surface area contributed by atoms with Crippen molar-refractivity contribution in [2.45, 2.75) is 13.5 Å². The van der Waals surface area contributed by atoms with E-state index in [0.717, 1.165) is 11.1 Å². The number of methoxy groups -OCH3 is 1. The largest absolute Gasteiger partial charge is 0.493 e. The maximum atomic E-state index is 13.1. The molecule has 2 aromatic carbocycles. The van der Waals surface area contributed by atoms with Crippen molar-refractivity contribution in [1.29, 1.82) is 0 Å². The van der Waals surface area contributed by atoms with Crippen LogP contribution in [-0.4, -0.2) is 13.4 Å². The van der Waals surface area contributed by atoms with Crippen molar-refractivity contribution in [2.24, 2.45) is 0 Å². The molecule has 0 spiro atoms. The first-order valence-electron chi connectivity index (χ1n) is 6.25. The van der Waals surface area contributed by atoms with Crippen molar-refractivity contribution in [3.63, 3.8) is 0 Å². The van der Waals surface area contributed by atoms with Crippen LogP contribution >= 0.6 is 11.6 Å². The fraction of sp³-hybridized carbons (Fsp3) is 0.188. The van der Waals surface area contributed by atoms with Gasteiger partial charge >= 0.3 is 0 Å².